The molecule has 2 aliphatic rings. The van der Waals surface area contributed by atoms with Crippen LogP contribution in [0.1, 0.15) is 45.6 Å². The van der Waals surface area contributed by atoms with E-state index in [-0.39, 0.29) is 36.4 Å². The SMILES string of the molecule is C=C1CNC(=O)[C@H](C)NC(=O)[C@H](CC(C)C)NC(=O)[C@H](Cc2ccc(O)cc2)NC(=O)[C@@H]2CCCN12. The number of amides is 4. The van der Waals surface area contributed by atoms with Gasteiger partial charge in [0.2, 0.25) is 23.6 Å². The van der Waals surface area contributed by atoms with Crippen LogP contribution in [-0.4, -0.2) is 70.9 Å². The number of fused-ring (bicyclic) bond motifs is 1. The topological polar surface area (TPSA) is 140 Å². The Hall–Kier alpha value is -3.56. The fraction of sp³-hybridized carbons (Fsp3) is 0.538. The van der Waals surface area contributed by atoms with Crippen molar-refractivity contribution in [3.63, 3.8) is 0 Å². The molecule has 0 radical (unpaired) electrons. The molecule has 196 valence electrons. The zero-order valence-electron chi connectivity index (χ0n) is 21.2. The lowest BCUT2D eigenvalue weighted by Crippen LogP contribution is -2.57. The van der Waals surface area contributed by atoms with Crippen LogP contribution in [0.4, 0.5) is 0 Å². The highest BCUT2D eigenvalue weighted by Gasteiger charge is 2.35. The van der Waals surface area contributed by atoms with E-state index in [9.17, 15) is 24.3 Å². The Morgan fingerprint density at radius 3 is 2.28 bits per heavy atom. The lowest BCUT2D eigenvalue weighted by molar-refractivity contribution is -0.134. The van der Waals surface area contributed by atoms with Crippen LogP contribution in [0.3, 0.4) is 0 Å². The fourth-order valence-corrected chi connectivity index (χ4v) is 4.56. The van der Waals surface area contributed by atoms with E-state index in [0.717, 1.165) is 12.0 Å². The summed E-state index contributed by atoms with van der Waals surface area (Å²) in [7, 11) is 0. The van der Waals surface area contributed by atoms with Crippen LogP contribution in [0.5, 0.6) is 5.75 Å². The van der Waals surface area contributed by atoms with Gasteiger partial charge in [-0.25, -0.2) is 0 Å². The Balaban J connectivity index is 1.93. The Morgan fingerprint density at radius 1 is 0.972 bits per heavy atom. The minimum atomic E-state index is -0.942. The summed E-state index contributed by atoms with van der Waals surface area (Å²) >= 11 is 0. The number of nitrogens with zero attached hydrogens (tertiary/aromatic N) is 1. The van der Waals surface area contributed by atoms with E-state index in [0.29, 0.717) is 25.1 Å². The predicted octanol–water partition coefficient (Wildman–Crippen LogP) is 0.563. The van der Waals surface area contributed by atoms with Gasteiger partial charge in [0.25, 0.3) is 0 Å². The molecule has 5 N–H and O–H groups in total. The molecule has 1 aromatic carbocycles. The van der Waals surface area contributed by atoms with Crippen molar-refractivity contribution in [2.24, 2.45) is 5.92 Å². The quantitative estimate of drug-likeness (QED) is 0.410. The van der Waals surface area contributed by atoms with E-state index >= 15 is 0 Å². The molecule has 1 aromatic rings. The summed E-state index contributed by atoms with van der Waals surface area (Å²) in [5.41, 5.74) is 1.33. The summed E-state index contributed by atoms with van der Waals surface area (Å²) < 4.78 is 0. The maximum Gasteiger partial charge on any atom is 0.243 e. The second-order valence-corrected chi connectivity index (χ2v) is 9.99. The molecule has 0 bridgehead atoms. The van der Waals surface area contributed by atoms with Crippen LogP contribution >= 0.6 is 0 Å². The molecule has 0 saturated carbocycles. The summed E-state index contributed by atoms with van der Waals surface area (Å²) in [6.45, 7) is 10.3. The number of benzene rings is 1. The average Bonchev–Trinajstić information content (AvgIpc) is 3.32. The predicted molar refractivity (Wildman–Crippen MR) is 135 cm³/mol. The van der Waals surface area contributed by atoms with Crippen LogP contribution in [0.25, 0.3) is 0 Å². The normalized spacial score (nSPS) is 26.3. The van der Waals surface area contributed by atoms with Gasteiger partial charge >= 0.3 is 0 Å². The first-order chi connectivity index (χ1) is 17.0. The van der Waals surface area contributed by atoms with Crippen LogP contribution in [0.15, 0.2) is 36.5 Å². The summed E-state index contributed by atoms with van der Waals surface area (Å²) in [5, 5.41) is 20.8. The molecule has 36 heavy (non-hydrogen) atoms. The molecule has 2 aliphatic heterocycles. The first-order valence-corrected chi connectivity index (χ1v) is 12.5. The summed E-state index contributed by atoms with van der Waals surface area (Å²) in [4.78, 5) is 54.3. The number of nitrogens with one attached hydrogen (secondary N) is 4. The molecule has 10 nitrogen and oxygen atoms in total. The Labute approximate surface area is 211 Å². The zero-order valence-corrected chi connectivity index (χ0v) is 21.2. The summed E-state index contributed by atoms with van der Waals surface area (Å²) in [6, 6.07) is 3.26. The minimum absolute atomic E-state index is 0.0905. The van der Waals surface area contributed by atoms with E-state index in [2.05, 4.69) is 27.8 Å². The average molecular weight is 500 g/mol. The molecule has 0 aromatic heterocycles. The van der Waals surface area contributed by atoms with Gasteiger partial charge in [-0.3, -0.25) is 19.2 Å². The second kappa shape index (κ2) is 11.9. The van der Waals surface area contributed by atoms with Crippen molar-refractivity contribution < 1.29 is 24.3 Å². The van der Waals surface area contributed by atoms with Crippen LogP contribution in [0, 0.1) is 5.92 Å². The van der Waals surface area contributed by atoms with Gasteiger partial charge in [-0.2, -0.15) is 0 Å². The Morgan fingerprint density at radius 2 is 1.61 bits per heavy atom. The number of phenolic OH excluding ortho intramolecular Hbond substituents is 1. The van der Waals surface area contributed by atoms with Crippen molar-refractivity contribution in [2.75, 3.05) is 13.1 Å². The first kappa shape index (κ1) is 27.0. The zero-order chi connectivity index (χ0) is 26.4. The fourth-order valence-electron chi connectivity index (χ4n) is 4.56. The molecule has 0 spiro atoms. The summed E-state index contributed by atoms with van der Waals surface area (Å²) in [5.74, 6) is -1.46. The van der Waals surface area contributed by atoms with Crippen molar-refractivity contribution in [3.05, 3.63) is 42.1 Å². The molecule has 0 unspecified atom stereocenters. The van der Waals surface area contributed by atoms with Gasteiger partial charge in [-0.05, 0) is 49.8 Å². The second-order valence-electron chi connectivity index (χ2n) is 9.99. The Kier molecular flexibility index (Phi) is 8.95. The molecular formula is C26H37N5O5. The molecule has 4 amide bonds. The largest absolute Gasteiger partial charge is 0.508 e. The lowest BCUT2D eigenvalue weighted by Gasteiger charge is -2.29. The molecule has 10 heteroatoms. The van der Waals surface area contributed by atoms with Crippen molar-refractivity contribution >= 4 is 23.6 Å². The number of carbonyl (C=O) groups is 4. The summed E-state index contributed by atoms with van der Waals surface area (Å²) in [6.07, 6.45) is 1.92. The number of carbonyl (C=O) groups excluding carboxylic acids is 4. The van der Waals surface area contributed by atoms with Crippen LogP contribution in [0.2, 0.25) is 0 Å². The molecule has 3 rings (SSSR count). The number of phenols is 1. The van der Waals surface area contributed by atoms with Crippen LogP contribution < -0.4 is 21.3 Å². The van der Waals surface area contributed by atoms with Crippen molar-refractivity contribution in [1.29, 1.82) is 0 Å². The van der Waals surface area contributed by atoms with E-state index in [4.69, 9.17) is 0 Å². The van der Waals surface area contributed by atoms with Gasteiger partial charge in [-0.15, -0.1) is 0 Å². The lowest BCUT2D eigenvalue weighted by atomic mass is 10.0. The third-order valence-electron chi connectivity index (χ3n) is 6.53. The minimum Gasteiger partial charge on any atom is -0.508 e. The standard InChI is InChI=1S/C26H37N5O5/c1-15(2)12-20-24(34)28-17(4)23(33)27-14-16(3)31-11-5-6-22(31)26(36)30-21(25(35)29-20)13-18-7-9-19(32)10-8-18/h7-10,15,17,20-22,32H,3,5-6,11-14H2,1-2,4H3,(H,27,33)(H,28,34)(H,29,35)(H,30,36)/t17-,20-,21-,22-/m0/s1. The van der Waals surface area contributed by atoms with Gasteiger partial charge in [0.05, 0.1) is 6.54 Å². The van der Waals surface area contributed by atoms with Crippen molar-refractivity contribution in [1.82, 2.24) is 26.2 Å². The smallest absolute Gasteiger partial charge is 0.243 e. The van der Waals surface area contributed by atoms with Crippen molar-refractivity contribution in [2.45, 2.75) is 70.6 Å². The maximum absolute atomic E-state index is 13.4. The van der Waals surface area contributed by atoms with Gasteiger partial charge < -0.3 is 31.3 Å². The highest BCUT2D eigenvalue weighted by Crippen LogP contribution is 2.22. The van der Waals surface area contributed by atoms with Gasteiger partial charge in [-0.1, -0.05) is 32.6 Å². The molecule has 4 atom stereocenters. The monoisotopic (exact) mass is 499 g/mol. The van der Waals surface area contributed by atoms with Gasteiger partial charge in [0.1, 0.15) is 29.9 Å². The molecule has 2 saturated heterocycles. The van der Waals surface area contributed by atoms with E-state index in [1.165, 1.54) is 12.1 Å². The highest BCUT2D eigenvalue weighted by atomic mass is 16.3. The van der Waals surface area contributed by atoms with Gasteiger partial charge in [0, 0.05) is 18.7 Å². The highest BCUT2D eigenvalue weighted by molar-refractivity contribution is 5.95. The van der Waals surface area contributed by atoms with Gasteiger partial charge in [0.15, 0.2) is 0 Å². The van der Waals surface area contributed by atoms with E-state index in [1.54, 1.807) is 19.1 Å². The first-order valence-electron chi connectivity index (χ1n) is 12.5. The number of rotatable bonds is 4. The Bertz CT molecular complexity index is 993. The third-order valence-corrected chi connectivity index (χ3v) is 6.53. The number of aromatic hydroxyl groups is 1. The molecule has 0 aliphatic carbocycles. The molecule has 2 fully saturated rings. The number of hydrogen-bond donors (Lipinski definition) is 5. The van der Waals surface area contributed by atoms with E-state index < -0.39 is 36.0 Å². The molecular weight excluding hydrogens is 462 g/mol. The third kappa shape index (κ3) is 6.99. The molecule has 2 heterocycles. The van der Waals surface area contributed by atoms with E-state index in [1.807, 2.05) is 18.7 Å². The van der Waals surface area contributed by atoms with Crippen molar-refractivity contribution in [3.8, 4) is 5.75 Å². The maximum atomic E-state index is 13.4. The van der Waals surface area contributed by atoms with Crippen LogP contribution in [-0.2, 0) is 25.6 Å². The number of hydrogen-bond acceptors (Lipinski definition) is 6.